The summed E-state index contributed by atoms with van der Waals surface area (Å²) in [5.74, 6) is 1.39. The summed E-state index contributed by atoms with van der Waals surface area (Å²) in [6.45, 7) is 10.9. The van der Waals surface area contributed by atoms with Gasteiger partial charge in [-0.05, 0) is 32.6 Å². The third-order valence-corrected chi connectivity index (χ3v) is 2.98. The minimum atomic E-state index is 0. The van der Waals surface area contributed by atoms with Gasteiger partial charge in [-0.1, -0.05) is 13.8 Å². The first kappa shape index (κ1) is 23.2. The fourth-order valence-corrected chi connectivity index (χ4v) is 2.11. The zero-order chi connectivity index (χ0) is 11.5. The first-order chi connectivity index (χ1) is 7.28. The molecular formula is C11H26Cl4N2. The lowest BCUT2D eigenvalue weighted by Gasteiger charge is -2.23. The number of halogens is 4. The van der Waals surface area contributed by atoms with Crippen LogP contribution in [0.25, 0.3) is 0 Å². The molecule has 17 heavy (non-hydrogen) atoms. The van der Waals surface area contributed by atoms with Crippen LogP contribution < -0.4 is 0 Å². The maximum atomic E-state index is 5.73. The Morgan fingerprint density at radius 3 is 1.47 bits per heavy atom. The molecule has 0 aliphatic carbocycles. The highest BCUT2D eigenvalue weighted by Gasteiger charge is 2.04. The minimum Gasteiger partial charge on any atom is -0.304 e. The Hall–Kier alpha value is 1.08. The Labute approximate surface area is 129 Å². The van der Waals surface area contributed by atoms with E-state index in [0.29, 0.717) is 11.8 Å². The number of alkyl halides is 2. The first-order valence-corrected chi connectivity index (χ1v) is 6.92. The van der Waals surface area contributed by atoms with E-state index in [4.69, 9.17) is 23.2 Å². The van der Waals surface area contributed by atoms with Crippen molar-refractivity contribution < 1.29 is 0 Å². The van der Waals surface area contributed by atoms with Crippen LogP contribution in [0.3, 0.4) is 0 Å². The largest absolute Gasteiger partial charge is 0.304 e. The summed E-state index contributed by atoms with van der Waals surface area (Å²) in [7, 11) is 0. The van der Waals surface area contributed by atoms with Crippen molar-refractivity contribution in [1.82, 2.24) is 9.80 Å². The van der Waals surface area contributed by atoms with Crippen LogP contribution in [-0.4, -0.2) is 60.8 Å². The average Bonchev–Trinajstić information content (AvgIpc) is 2.25. The van der Waals surface area contributed by atoms with E-state index in [-0.39, 0.29) is 24.8 Å². The van der Waals surface area contributed by atoms with Gasteiger partial charge in [0.15, 0.2) is 0 Å². The van der Waals surface area contributed by atoms with Gasteiger partial charge < -0.3 is 9.80 Å². The molecule has 0 N–H and O–H groups in total. The Morgan fingerprint density at radius 2 is 1.12 bits per heavy atom. The smallest absolute Gasteiger partial charge is 0.0351 e. The van der Waals surface area contributed by atoms with Crippen LogP contribution in [-0.2, 0) is 0 Å². The summed E-state index contributed by atoms with van der Waals surface area (Å²) in [5, 5.41) is 0. The number of hydrogen-bond donors (Lipinski definition) is 0. The molecule has 6 heteroatoms. The van der Waals surface area contributed by atoms with Crippen molar-refractivity contribution in [3.8, 4) is 0 Å². The van der Waals surface area contributed by atoms with Gasteiger partial charge in [0, 0.05) is 24.8 Å². The zero-order valence-electron chi connectivity index (χ0n) is 10.8. The van der Waals surface area contributed by atoms with Gasteiger partial charge in [-0.25, -0.2) is 0 Å². The third kappa shape index (κ3) is 13.3. The molecule has 0 fully saturated rings. The summed E-state index contributed by atoms with van der Waals surface area (Å²) in [6, 6.07) is 0. The number of nitrogens with zero attached hydrogens (tertiary/aromatic N) is 2. The van der Waals surface area contributed by atoms with Crippen LogP contribution >= 0.6 is 48.0 Å². The monoisotopic (exact) mass is 326 g/mol. The van der Waals surface area contributed by atoms with Crippen LogP contribution in [0.15, 0.2) is 0 Å². The highest BCUT2D eigenvalue weighted by molar-refractivity contribution is 6.18. The quantitative estimate of drug-likeness (QED) is 0.568. The van der Waals surface area contributed by atoms with E-state index in [2.05, 4.69) is 23.6 Å². The molecule has 0 aliphatic rings. The minimum absolute atomic E-state index is 0. The lowest BCUT2D eigenvalue weighted by atomic mass is 10.3. The summed E-state index contributed by atoms with van der Waals surface area (Å²) in [6.07, 6.45) is 1.20. The molecule has 0 saturated carbocycles. The summed E-state index contributed by atoms with van der Waals surface area (Å²) in [5.41, 5.74) is 0. The summed E-state index contributed by atoms with van der Waals surface area (Å²) < 4.78 is 0. The molecule has 0 aromatic heterocycles. The van der Waals surface area contributed by atoms with Gasteiger partial charge in [0.05, 0.1) is 0 Å². The number of hydrogen-bond acceptors (Lipinski definition) is 2. The second-order valence-corrected chi connectivity index (χ2v) is 4.36. The van der Waals surface area contributed by atoms with Gasteiger partial charge in [-0.15, -0.1) is 48.0 Å². The van der Waals surface area contributed by atoms with Gasteiger partial charge in [0.2, 0.25) is 0 Å². The van der Waals surface area contributed by atoms with E-state index in [9.17, 15) is 0 Å². The zero-order valence-corrected chi connectivity index (χ0v) is 14.0. The molecule has 0 amide bonds. The number of rotatable bonds is 10. The topological polar surface area (TPSA) is 6.48 Å². The second-order valence-electron chi connectivity index (χ2n) is 3.60. The molecule has 0 spiro atoms. The van der Waals surface area contributed by atoms with Crippen molar-refractivity contribution in [2.24, 2.45) is 0 Å². The van der Waals surface area contributed by atoms with Crippen molar-refractivity contribution in [3.05, 3.63) is 0 Å². The standard InChI is InChI=1S/C11H24Cl2N2.2ClH/c1-3-14(4-2)8-5-9-15(10-6-12)11-7-13;;/h3-11H2,1-2H3;2*1H. The lowest BCUT2D eigenvalue weighted by molar-refractivity contribution is 0.252. The van der Waals surface area contributed by atoms with Crippen molar-refractivity contribution in [3.63, 3.8) is 0 Å². The summed E-state index contributed by atoms with van der Waals surface area (Å²) in [4.78, 5) is 4.78. The lowest BCUT2D eigenvalue weighted by Crippen LogP contribution is -2.32. The maximum absolute atomic E-state index is 5.73. The molecule has 0 aromatic carbocycles. The fraction of sp³-hybridized carbons (Fsp3) is 1.00. The molecule has 0 aromatic rings. The normalized spacial score (nSPS) is 10.2. The van der Waals surface area contributed by atoms with Gasteiger partial charge in [0.25, 0.3) is 0 Å². The van der Waals surface area contributed by atoms with E-state index in [0.717, 1.165) is 32.7 Å². The van der Waals surface area contributed by atoms with E-state index < -0.39 is 0 Å². The summed E-state index contributed by atoms with van der Waals surface area (Å²) >= 11 is 11.5. The van der Waals surface area contributed by atoms with Crippen LogP contribution in [0, 0.1) is 0 Å². The molecule has 0 saturated heterocycles. The Kier molecular flexibility index (Phi) is 23.3. The van der Waals surface area contributed by atoms with Crippen molar-refractivity contribution in [1.29, 1.82) is 0 Å². The van der Waals surface area contributed by atoms with Crippen molar-refractivity contribution in [2.45, 2.75) is 20.3 Å². The van der Waals surface area contributed by atoms with Gasteiger partial charge in [0.1, 0.15) is 0 Å². The van der Waals surface area contributed by atoms with Gasteiger partial charge in [-0.3, -0.25) is 0 Å². The average molecular weight is 328 g/mol. The molecule has 0 unspecified atom stereocenters. The van der Waals surface area contributed by atoms with E-state index in [1.165, 1.54) is 13.0 Å². The predicted molar refractivity (Wildman–Crippen MR) is 84.8 cm³/mol. The third-order valence-electron chi connectivity index (χ3n) is 2.64. The van der Waals surface area contributed by atoms with Crippen LogP contribution in [0.1, 0.15) is 20.3 Å². The highest BCUT2D eigenvalue weighted by atomic mass is 35.5. The van der Waals surface area contributed by atoms with Gasteiger partial charge in [-0.2, -0.15) is 0 Å². The second kappa shape index (κ2) is 17.1. The van der Waals surface area contributed by atoms with E-state index in [1.54, 1.807) is 0 Å². The van der Waals surface area contributed by atoms with Gasteiger partial charge >= 0.3 is 0 Å². The Balaban J connectivity index is -0.000000980. The predicted octanol–water partition coefficient (Wildman–Crippen LogP) is 3.34. The molecule has 0 rings (SSSR count). The molecule has 0 radical (unpaired) electrons. The molecule has 0 heterocycles. The first-order valence-electron chi connectivity index (χ1n) is 5.85. The SMILES string of the molecule is CCN(CC)CCCN(CCCl)CCCl.Cl.Cl. The van der Waals surface area contributed by atoms with E-state index >= 15 is 0 Å². The molecule has 108 valence electrons. The van der Waals surface area contributed by atoms with E-state index in [1.807, 2.05) is 0 Å². The van der Waals surface area contributed by atoms with Crippen molar-refractivity contribution in [2.75, 3.05) is 51.0 Å². The Morgan fingerprint density at radius 1 is 0.706 bits per heavy atom. The molecule has 0 atom stereocenters. The molecular weight excluding hydrogens is 302 g/mol. The molecule has 2 nitrogen and oxygen atoms in total. The fourth-order valence-electron chi connectivity index (χ4n) is 1.63. The molecule has 0 bridgehead atoms. The van der Waals surface area contributed by atoms with Crippen LogP contribution in [0.5, 0.6) is 0 Å². The van der Waals surface area contributed by atoms with Crippen molar-refractivity contribution >= 4 is 48.0 Å². The maximum Gasteiger partial charge on any atom is 0.0351 e. The Bertz CT molecular complexity index is 129. The highest BCUT2D eigenvalue weighted by Crippen LogP contribution is 1.97. The van der Waals surface area contributed by atoms with Crippen LogP contribution in [0.2, 0.25) is 0 Å². The van der Waals surface area contributed by atoms with Crippen LogP contribution in [0.4, 0.5) is 0 Å². The molecule has 0 aliphatic heterocycles.